The zero-order valence-electron chi connectivity index (χ0n) is 14.8. The number of halogens is 1. The van der Waals surface area contributed by atoms with E-state index in [1.165, 1.54) is 18.4 Å². The van der Waals surface area contributed by atoms with Crippen molar-refractivity contribution in [1.82, 2.24) is 24.7 Å². The van der Waals surface area contributed by atoms with Crippen molar-refractivity contribution >= 4 is 32.7 Å². The van der Waals surface area contributed by atoms with Crippen LogP contribution in [0.15, 0.2) is 30.7 Å². The lowest BCUT2D eigenvalue weighted by Crippen LogP contribution is -2.12. The van der Waals surface area contributed by atoms with E-state index in [4.69, 9.17) is 4.74 Å². The highest BCUT2D eigenvalue weighted by atomic mass is 32.1. The largest absolute Gasteiger partial charge is 0.494 e. The second-order valence-corrected chi connectivity index (χ2v) is 7.48. The number of ether oxygens (including phenoxy) is 1. The van der Waals surface area contributed by atoms with Crippen LogP contribution < -0.4 is 10.1 Å². The molecule has 1 aliphatic rings. The predicted octanol–water partition coefficient (Wildman–Crippen LogP) is 3.37. The van der Waals surface area contributed by atoms with Gasteiger partial charge in [0, 0.05) is 11.5 Å². The van der Waals surface area contributed by atoms with Crippen LogP contribution in [0.4, 0.5) is 9.52 Å². The number of methoxy groups -OCH3 is 1. The molecule has 1 amide bonds. The molecule has 0 bridgehead atoms. The fourth-order valence-corrected chi connectivity index (χ4v) is 3.91. The molecule has 5 rings (SSSR count). The van der Waals surface area contributed by atoms with Gasteiger partial charge in [0.25, 0.3) is 0 Å². The molecule has 2 N–H and O–H groups in total. The molecule has 142 valence electrons. The fraction of sp³-hybridized carbons (Fsp3) is 0.222. The van der Waals surface area contributed by atoms with E-state index in [-0.39, 0.29) is 17.6 Å². The van der Waals surface area contributed by atoms with Gasteiger partial charge in [0.05, 0.1) is 19.0 Å². The van der Waals surface area contributed by atoms with Crippen LogP contribution in [0.3, 0.4) is 0 Å². The number of hydrogen-bond donors (Lipinski definition) is 2. The maximum absolute atomic E-state index is 14.7. The summed E-state index contributed by atoms with van der Waals surface area (Å²) in [4.78, 5) is 20.5. The number of nitrogens with one attached hydrogen (secondary N) is 2. The Labute approximate surface area is 162 Å². The summed E-state index contributed by atoms with van der Waals surface area (Å²) in [5.74, 6) is 0.304. The van der Waals surface area contributed by atoms with Gasteiger partial charge in [-0.05, 0) is 25.0 Å². The third-order valence-corrected chi connectivity index (χ3v) is 5.57. The second kappa shape index (κ2) is 6.41. The molecule has 0 spiro atoms. The molecule has 8 nitrogen and oxygen atoms in total. The summed E-state index contributed by atoms with van der Waals surface area (Å²) in [7, 11) is 1.42. The number of fused-ring (bicyclic) bond motifs is 1. The van der Waals surface area contributed by atoms with Crippen LogP contribution in [-0.2, 0) is 4.79 Å². The van der Waals surface area contributed by atoms with Crippen molar-refractivity contribution in [1.29, 1.82) is 0 Å². The average Bonchev–Trinajstić information content (AvgIpc) is 3.12. The Balaban J connectivity index is 1.56. The van der Waals surface area contributed by atoms with E-state index >= 15 is 0 Å². The Morgan fingerprint density at radius 1 is 1.43 bits per heavy atom. The molecule has 1 aliphatic carbocycles. The number of thiazole rings is 1. The summed E-state index contributed by atoms with van der Waals surface area (Å²) in [6.07, 6.45) is 4.97. The fourth-order valence-electron chi connectivity index (χ4n) is 3.00. The highest BCUT2D eigenvalue weighted by Gasteiger charge is 2.30. The number of carbonyl (C=O) groups excluding carboxylic acids is 1. The number of H-pyrrole nitrogens is 1. The van der Waals surface area contributed by atoms with Gasteiger partial charge in [0.2, 0.25) is 5.91 Å². The van der Waals surface area contributed by atoms with Gasteiger partial charge in [-0.1, -0.05) is 17.4 Å². The maximum Gasteiger partial charge on any atom is 0.229 e. The molecule has 1 saturated carbocycles. The van der Waals surface area contributed by atoms with E-state index in [1.54, 1.807) is 35.3 Å². The van der Waals surface area contributed by atoms with Crippen LogP contribution in [0, 0.1) is 11.7 Å². The Bertz CT molecular complexity index is 1190. The monoisotopic (exact) mass is 398 g/mol. The Kier molecular flexibility index (Phi) is 3.86. The molecule has 28 heavy (non-hydrogen) atoms. The van der Waals surface area contributed by atoms with E-state index in [9.17, 15) is 9.18 Å². The van der Waals surface area contributed by atoms with Gasteiger partial charge in [0.1, 0.15) is 11.0 Å². The van der Waals surface area contributed by atoms with Gasteiger partial charge in [-0.2, -0.15) is 5.10 Å². The van der Waals surface area contributed by atoms with E-state index in [0.29, 0.717) is 27.9 Å². The minimum atomic E-state index is -0.472. The number of benzene rings is 1. The number of aromatic nitrogens is 5. The quantitative estimate of drug-likeness (QED) is 0.537. The molecule has 3 aromatic heterocycles. The number of anilines is 1. The van der Waals surface area contributed by atoms with Gasteiger partial charge in [-0.25, -0.2) is 14.4 Å². The lowest BCUT2D eigenvalue weighted by Gasteiger charge is -2.09. The molecule has 0 atom stereocenters. The summed E-state index contributed by atoms with van der Waals surface area (Å²) in [5.41, 5.74) is 1.43. The number of carbonyl (C=O) groups is 1. The lowest BCUT2D eigenvalue weighted by molar-refractivity contribution is -0.117. The SMILES string of the molecule is COc1cccc(-c2cncn2-c2n[nH]c3nc(NC(=O)C4CC4)sc23)c1F. The minimum absolute atomic E-state index is 0.00677. The lowest BCUT2D eigenvalue weighted by atomic mass is 10.1. The standard InChI is InChI=1S/C18H15FN6O2S/c1-27-12-4-2-3-10(13(12)19)11-7-20-8-25(11)16-14-15(23-24-16)21-18(28-14)22-17(26)9-5-6-9/h2-4,7-9H,5-6H2,1H3,(H2,21,22,23,24,26). The minimum Gasteiger partial charge on any atom is -0.494 e. The van der Waals surface area contributed by atoms with Crippen LogP contribution in [0.25, 0.3) is 27.4 Å². The molecule has 10 heteroatoms. The highest BCUT2D eigenvalue weighted by Crippen LogP contribution is 2.35. The molecule has 0 saturated heterocycles. The zero-order valence-corrected chi connectivity index (χ0v) is 15.6. The topological polar surface area (TPSA) is 97.7 Å². The van der Waals surface area contributed by atoms with Crippen LogP contribution in [0.1, 0.15) is 12.8 Å². The van der Waals surface area contributed by atoms with Crippen molar-refractivity contribution in [3.63, 3.8) is 0 Å². The Morgan fingerprint density at radius 3 is 3.07 bits per heavy atom. The summed E-state index contributed by atoms with van der Waals surface area (Å²) < 4.78 is 22.2. The van der Waals surface area contributed by atoms with Crippen molar-refractivity contribution in [2.24, 2.45) is 5.92 Å². The van der Waals surface area contributed by atoms with Crippen LogP contribution in [-0.4, -0.2) is 37.7 Å². The smallest absolute Gasteiger partial charge is 0.229 e. The molecular formula is C18H15FN6O2S. The summed E-state index contributed by atoms with van der Waals surface area (Å²) in [6, 6.07) is 4.93. The second-order valence-electron chi connectivity index (χ2n) is 6.48. The van der Waals surface area contributed by atoms with Crippen molar-refractivity contribution < 1.29 is 13.9 Å². The number of imidazole rings is 1. The van der Waals surface area contributed by atoms with Crippen LogP contribution >= 0.6 is 11.3 Å². The molecule has 1 aromatic carbocycles. The van der Waals surface area contributed by atoms with Crippen molar-refractivity contribution in [2.75, 3.05) is 12.4 Å². The van der Waals surface area contributed by atoms with E-state index in [2.05, 4.69) is 25.5 Å². The van der Waals surface area contributed by atoms with Crippen LogP contribution in [0.2, 0.25) is 0 Å². The van der Waals surface area contributed by atoms with E-state index in [0.717, 1.165) is 17.5 Å². The summed E-state index contributed by atoms with van der Waals surface area (Å²) in [5, 5.41) is 10.5. The van der Waals surface area contributed by atoms with E-state index < -0.39 is 5.82 Å². The third kappa shape index (κ3) is 2.73. The highest BCUT2D eigenvalue weighted by molar-refractivity contribution is 7.22. The van der Waals surface area contributed by atoms with E-state index in [1.807, 2.05) is 0 Å². The molecule has 3 heterocycles. The van der Waals surface area contributed by atoms with Gasteiger partial charge < -0.3 is 10.1 Å². The summed E-state index contributed by atoms with van der Waals surface area (Å²) in [6.45, 7) is 0. The molecule has 0 unspecified atom stereocenters. The Morgan fingerprint density at radius 2 is 2.29 bits per heavy atom. The first-order valence-electron chi connectivity index (χ1n) is 8.67. The first kappa shape index (κ1) is 16.9. The molecule has 0 aliphatic heterocycles. The van der Waals surface area contributed by atoms with Gasteiger partial charge >= 0.3 is 0 Å². The Hall–Kier alpha value is -3.27. The van der Waals surface area contributed by atoms with Crippen molar-refractivity contribution in [3.8, 4) is 22.8 Å². The predicted molar refractivity (Wildman–Crippen MR) is 102 cm³/mol. The molecule has 1 fully saturated rings. The van der Waals surface area contributed by atoms with Crippen molar-refractivity contribution in [3.05, 3.63) is 36.5 Å². The molecule has 4 aromatic rings. The number of amides is 1. The first-order valence-corrected chi connectivity index (χ1v) is 9.48. The maximum atomic E-state index is 14.7. The molecule has 0 radical (unpaired) electrons. The number of aromatic amines is 1. The number of rotatable bonds is 5. The normalized spacial score (nSPS) is 13.8. The van der Waals surface area contributed by atoms with Gasteiger partial charge in [-0.3, -0.25) is 14.5 Å². The van der Waals surface area contributed by atoms with Crippen LogP contribution in [0.5, 0.6) is 5.75 Å². The number of hydrogen-bond acceptors (Lipinski definition) is 6. The van der Waals surface area contributed by atoms with Gasteiger partial charge in [-0.15, -0.1) is 0 Å². The number of nitrogens with zero attached hydrogens (tertiary/aromatic N) is 4. The van der Waals surface area contributed by atoms with Crippen molar-refractivity contribution in [2.45, 2.75) is 12.8 Å². The first-order chi connectivity index (χ1) is 13.7. The summed E-state index contributed by atoms with van der Waals surface area (Å²) >= 11 is 1.31. The average molecular weight is 398 g/mol. The third-order valence-electron chi connectivity index (χ3n) is 4.60. The zero-order chi connectivity index (χ0) is 19.3. The van der Waals surface area contributed by atoms with Gasteiger partial charge in [0.15, 0.2) is 28.2 Å². The molecular weight excluding hydrogens is 383 g/mol.